The lowest BCUT2D eigenvalue weighted by molar-refractivity contribution is -0.122. The van der Waals surface area contributed by atoms with E-state index >= 15 is 0 Å². The van der Waals surface area contributed by atoms with Gasteiger partial charge in [-0.25, -0.2) is 0 Å². The molecule has 0 aliphatic heterocycles. The zero-order chi connectivity index (χ0) is 16.1. The summed E-state index contributed by atoms with van der Waals surface area (Å²) in [4.78, 5) is 12.1. The predicted molar refractivity (Wildman–Crippen MR) is 86.1 cm³/mol. The number of rotatable bonds is 4. The fourth-order valence-electron chi connectivity index (χ4n) is 1.82. The molecule has 0 unspecified atom stereocenters. The number of carbonyl (C=O) groups is 1. The fraction of sp³-hybridized carbons (Fsp3) is 0.176. The number of hydrogen-bond acceptors (Lipinski definition) is 3. The number of halogens is 1. The molecule has 1 atom stereocenters. The minimum atomic E-state index is -0.656. The maximum atomic E-state index is 12.1. The summed E-state index contributed by atoms with van der Waals surface area (Å²) in [6.07, 6.45) is -0.656. The molecule has 0 fully saturated rings. The predicted octanol–water partition coefficient (Wildman–Crippen LogP) is 3.93. The summed E-state index contributed by atoms with van der Waals surface area (Å²) in [7, 11) is 0. The smallest absolute Gasteiger partial charge is 0.265 e. The zero-order valence-corrected chi connectivity index (χ0v) is 13.0. The third-order valence-corrected chi connectivity index (χ3v) is 3.52. The zero-order valence-electron chi connectivity index (χ0n) is 12.3. The van der Waals surface area contributed by atoms with Crippen molar-refractivity contribution in [2.75, 3.05) is 5.32 Å². The van der Waals surface area contributed by atoms with Gasteiger partial charge in [-0.15, -0.1) is 0 Å². The Labute approximate surface area is 134 Å². The van der Waals surface area contributed by atoms with Crippen LogP contribution in [0, 0.1) is 18.3 Å². The van der Waals surface area contributed by atoms with Gasteiger partial charge in [-0.2, -0.15) is 5.26 Å². The highest BCUT2D eigenvalue weighted by atomic mass is 35.5. The standard InChI is InChI=1S/C17H15ClN2O2/c1-11-9-15(7-8-16(11)18)22-12(2)17(21)20-14-5-3-13(10-19)4-6-14/h3-9,12H,1-2H3,(H,20,21)/t12-/m0/s1. The Bertz CT molecular complexity index is 720. The molecule has 5 heteroatoms. The minimum absolute atomic E-state index is 0.266. The lowest BCUT2D eigenvalue weighted by Gasteiger charge is -2.15. The van der Waals surface area contributed by atoms with Gasteiger partial charge in [0.25, 0.3) is 5.91 Å². The topological polar surface area (TPSA) is 62.1 Å². The van der Waals surface area contributed by atoms with Crippen molar-refractivity contribution >= 4 is 23.2 Å². The van der Waals surface area contributed by atoms with E-state index in [9.17, 15) is 4.79 Å². The molecule has 2 aromatic carbocycles. The minimum Gasteiger partial charge on any atom is -0.481 e. The number of amides is 1. The van der Waals surface area contributed by atoms with Crippen LogP contribution in [0.2, 0.25) is 5.02 Å². The summed E-state index contributed by atoms with van der Waals surface area (Å²) in [6, 6.07) is 13.9. The number of hydrogen-bond donors (Lipinski definition) is 1. The second-order valence-corrected chi connectivity index (χ2v) is 5.26. The fourth-order valence-corrected chi connectivity index (χ4v) is 1.94. The molecule has 1 N–H and O–H groups in total. The molecule has 0 saturated heterocycles. The Morgan fingerprint density at radius 3 is 2.55 bits per heavy atom. The van der Waals surface area contributed by atoms with Crippen LogP contribution in [0.5, 0.6) is 5.75 Å². The summed E-state index contributed by atoms with van der Waals surface area (Å²) < 4.78 is 5.61. The highest BCUT2D eigenvalue weighted by Gasteiger charge is 2.15. The molecule has 22 heavy (non-hydrogen) atoms. The molecule has 0 aromatic heterocycles. The van der Waals surface area contributed by atoms with Crippen molar-refractivity contribution in [1.82, 2.24) is 0 Å². The molecule has 0 saturated carbocycles. The van der Waals surface area contributed by atoms with Crippen molar-refractivity contribution in [3.8, 4) is 11.8 Å². The van der Waals surface area contributed by atoms with Gasteiger partial charge in [0.05, 0.1) is 11.6 Å². The summed E-state index contributed by atoms with van der Waals surface area (Å²) in [5.74, 6) is 0.321. The molecule has 0 bridgehead atoms. The highest BCUT2D eigenvalue weighted by molar-refractivity contribution is 6.31. The summed E-state index contributed by atoms with van der Waals surface area (Å²) in [5, 5.41) is 12.1. The van der Waals surface area contributed by atoms with E-state index in [1.54, 1.807) is 49.4 Å². The van der Waals surface area contributed by atoms with Crippen LogP contribution in [0.4, 0.5) is 5.69 Å². The van der Waals surface area contributed by atoms with Gasteiger partial charge in [-0.1, -0.05) is 11.6 Å². The first kappa shape index (κ1) is 15.9. The number of ether oxygens (including phenoxy) is 1. The van der Waals surface area contributed by atoms with Gasteiger partial charge >= 0.3 is 0 Å². The van der Waals surface area contributed by atoms with Crippen molar-refractivity contribution in [2.24, 2.45) is 0 Å². The van der Waals surface area contributed by atoms with Crippen molar-refractivity contribution < 1.29 is 9.53 Å². The number of benzene rings is 2. The molecule has 2 aromatic rings. The average molecular weight is 315 g/mol. The molecular weight excluding hydrogens is 300 g/mol. The molecule has 1 amide bonds. The molecule has 0 heterocycles. The van der Waals surface area contributed by atoms with Crippen LogP contribution in [-0.2, 0) is 4.79 Å². The monoisotopic (exact) mass is 314 g/mol. The number of anilines is 1. The first-order valence-corrected chi connectivity index (χ1v) is 7.11. The first-order valence-electron chi connectivity index (χ1n) is 6.73. The van der Waals surface area contributed by atoms with Crippen LogP contribution in [0.15, 0.2) is 42.5 Å². The lowest BCUT2D eigenvalue weighted by atomic mass is 10.2. The first-order chi connectivity index (χ1) is 10.5. The van der Waals surface area contributed by atoms with E-state index in [4.69, 9.17) is 21.6 Å². The maximum Gasteiger partial charge on any atom is 0.265 e. The van der Waals surface area contributed by atoms with Crippen LogP contribution >= 0.6 is 11.6 Å². The van der Waals surface area contributed by atoms with Crippen molar-refractivity contribution in [3.63, 3.8) is 0 Å². The average Bonchev–Trinajstić information content (AvgIpc) is 2.51. The molecule has 2 rings (SSSR count). The van der Waals surface area contributed by atoms with Gasteiger partial charge < -0.3 is 10.1 Å². The highest BCUT2D eigenvalue weighted by Crippen LogP contribution is 2.22. The van der Waals surface area contributed by atoms with Gasteiger partial charge in [-0.05, 0) is 61.9 Å². The van der Waals surface area contributed by atoms with Crippen LogP contribution in [0.25, 0.3) is 0 Å². The number of nitrogens with one attached hydrogen (secondary N) is 1. The van der Waals surface area contributed by atoms with E-state index < -0.39 is 6.10 Å². The van der Waals surface area contributed by atoms with Crippen LogP contribution < -0.4 is 10.1 Å². The molecule has 0 aliphatic rings. The third-order valence-electron chi connectivity index (χ3n) is 3.09. The number of nitrogens with zero attached hydrogens (tertiary/aromatic N) is 1. The van der Waals surface area contributed by atoms with E-state index in [-0.39, 0.29) is 5.91 Å². The Morgan fingerprint density at radius 2 is 1.95 bits per heavy atom. The van der Waals surface area contributed by atoms with E-state index in [1.807, 2.05) is 13.0 Å². The van der Waals surface area contributed by atoms with Crippen molar-refractivity contribution in [3.05, 3.63) is 58.6 Å². The largest absolute Gasteiger partial charge is 0.481 e. The SMILES string of the molecule is Cc1cc(O[C@@H](C)C(=O)Nc2ccc(C#N)cc2)ccc1Cl. The quantitative estimate of drug-likeness (QED) is 0.930. The maximum absolute atomic E-state index is 12.1. The second-order valence-electron chi connectivity index (χ2n) is 4.85. The number of carbonyl (C=O) groups excluding carboxylic acids is 1. The van der Waals surface area contributed by atoms with E-state index in [0.29, 0.717) is 22.0 Å². The number of aryl methyl sites for hydroxylation is 1. The lowest BCUT2D eigenvalue weighted by Crippen LogP contribution is -2.30. The van der Waals surface area contributed by atoms with Crippen molar-refractivity contribution in [1.29, 1.82) is 5.26 Å². The normalized spacial score (nSPS) is 11.4. The Balaban J connectivity index is 1.99. The van der Waals surface area contributed by atoms with Gasteiger partial charge in [0, 0.05) is 10.7 Å². The summed E-state index contributed by atoms with van der Waals surface area (Å²) in [6.45, 7) is 3.54. The summed E-state index contributed by atoms with van der Waals surface area (Å²) >= 11 is 5.95. The van der Waals surface area contributed by atoms with E-state index in [2.05, 4.69) is 5.32 Å². The van der Waals surface area contributed by atoms with Crippen LogP contribution in [0.1, 0.15) is 18.1 Å². The van der Waals surface area contributed by atoms with Gasteiger partial charge in [0.1, 0.15) is 5.75 Å². The molecule has 4 nitrogen and oxygen atoms in total. The van der Waals surface area contributed by atoms with Crippen LogP contribution in [-0.4, -0.2) is 12.0 Å². The third kappa shape index (κ3) is 4.00. The number of nitriles is 1. The Hall–Kier alpha value is -2.51. The molecule has 112 valence electrons. The Morgan fingerprint density at radius 1 is 1.27 bits per heavy atom. The van der Waals surface area contributed by atoms with Gasteiger partial charge in [0.2, 0.25) is 0 Å². The van der Waals surface area contributed by atoms with E-state index in [0.717, 1.165) is 5.56 Å². The van der Waals surface area contributed by atoms with Crippen LogP contribution in [0.3, 0.4) is 0 Å². The van der Waals surface area contributed by atoms with Gasteiger partial charge in [0.15, 0.2) is 6.10 Å². The van der Waals surface area contributed by atoms with Crippen molar-refractivity contribution in [2.45, 2.75) is 20.0 Å². The Kier molecular flexibility index (Phi) is 5.03. The molecule has 0 aliphatic carbocycles. The summed E-state index contributed by atoms with van der Waals surface area (Å²) in [5.41, 5.74) is 2.05. The molecule has 0 spiro atoms. The van der Waals surface area contributed by atoms with Gasteiger partial charge in [-0.3, -0.25) is 4.79 Å². The molecule has 0 radical (unpaired) electrons. The molecular formula is C17H15ClN2O2. The second kappa shape index (κ2) is 6.97. The van der Waals surface area contributed by atoms with E-state index in [1.165, 1.54) is 0 Å².